The number of rotatable bonds is 26. The van der Waals surface area contributed by atoms with Crippen LogP contribution in [0.4, 0.5) is 5.69 Å². The minimum Gasteiger partial charge on any atom is -0.494 e. The summed E-state index contributed by atoms with van der Waals surface area (Å²) in [6.07, 6.45) is 36.3. The molecular weight excluding hydrogens is 963 g/mol. The number of unbranched alkanes of at least 4 members (excludes halogenated alkanes) is 5. The molecule has 3 aromatic carbocycles. The average molecular weight is 1050 g/mol. The lowest BCUT2D eigenvalue weighted by Crippen LogP contribution is -2.51. The Morgan fingerprint density at radius 2 is 1.55 bits per heavy atom. The van der Waals surface area contributed by atoms with Crippen molar-refractivity contribution in [3.63, 3.8) is 0 Å². The van der Waals surface area contributed by atoms with Crippen molar-refractivity contribution in [2.45, 2.75) is 174 Å². The van der Waals surface area contributed by atoms with Crippen molar-refractivity contribution in [2.24, 2.45) is 57.2 Å². The Hall–Kier alpha value is -5.22. The van der Waals surface area contributed by atoms with Crippen LogP contribution in [0.5, 0.6) is 11.5 Å². The van der Waals surface area contributed by atoms with Crippen LogP contribution in [0.15, 0.2) is 123 Å². The van der Waals surface area contributed by atoms with E-state index in [0.717, 1.165) is 115 Å². The molecule has 0 N–H and O–H groups in total. The number of fused-ring (bicyclic) bond motifs is 5. The zero-order valence-electron chi connectivity index (χ0n) is 46.3. The van der Waals surface area contributed by atoms with Crippen LogP contribution in [0.3, 0.4) is 0 Å². The van der Waals surface area contributed by atoms with E-state index in [-0.39, 0.29) is 17.5 Å². The van der Waals surface area contributed by atoms with Crippen molar-refractivity contribution in [3.8, 4) is 23.0 Å². The van der Waals surface area contributed by atoms with Gasteiger partial charge in [0.2, 0.25) is 5.89 Å². The summed E-state index contributed by atoms with van der Waals surface area (Å²) < 4.78 is 23.7. The Morgan fingerprint density at radius 3 is 2.34 bits per heavy atom. The monoisotopic (exact) mass is 1050 g/mol. The summed E-state index contributed by atoms with van der Waals surface area (Å²) in [7, 11) is 0. The summed E-state index contributed by atoms with van der Waals surface area (Å²) in [6, 6.07) is 22.0. The Kier molecular flexibility index (Phi) is 19.3. The molecule has 1 aromatic heterocycles. The minimum atomic E-state index is -0.422. The van der Waals surface area contributed by atoms with Crippen LogP contribution in [0.2, 0.25) is 0 Å². The van der Waals surface area contributed by atoms with E-state index < -0.39 is 5.97 Å². The predicted octanol–water partition coefficient (Wildman–Crippen LogP) is 17.4. The third-order valence-corrected chi connectivity index (χ3v) is 19.3. The van der Waals surface area contributed by atoms with Crippen LogP contribution in [0.25, 0.3) is 11.5 Å². The van der Waals surface area contributed by atoms with Gasteiger partial charge in [-0.2, -0.15) is 0 Å². The fourth-order valence-corrected chi connectivity index (χ4v) is 14.9. The fraction of sp³-hybridized carbons (Fsp3) is 0.561. The highest BCUT2D eigenvalue weighted by Crippen LogP contribution is 2.67. The van der Waals surface area contributed by atoms with Crippen LogP contribution in [-0.2, 0) is 9.53 Å². The number of ether oxygens (including phenoxy) is 3. The molecule has 5 aliphatic carbocycles. The van der Waals surface area contributed by atoms with Crippen LogP contribution < -0.4 is 9.47 Å². The van der Waals surface area contributed by atoms with Gasteiger partial charge in [0.05, 0.1) is 17.9 Å². The van der Waals surface area contributed by atoms with Crippen LogP contribution >= 0.6 is 11.8 Å². The number of carbonyl (C=O) groups is 2. The fourth-order valence-electron chi connectivity index (χ4n) is 14.1. The zero-order chi connectivity index (χ0) is 52.9. The summed E-state index contributed by atoms with van der Waals surface area (Å²) in [4.78, 5) is 30.5. The van der Waals surface area contributed by atoms with Crippen LogP contribution in [0, 0.1) is 52.3 Å². The van der Waals surface area contributed by atoms with E-state index in [9.17, 15) is 9.59 Å². The largest absolute Gasteiger partial charge is 0.494 e. The van der Waals surface area contributed by atoms with Crippen molar-refractivity contribution in [1.82, 2.24) is 10.2 Å². The summed E-state index contributed by atoms with van der Waals surface area (Å²) in [5.41, 5.74) is 5.29. The second kappa shape index (κ2) is 26.4. The summed E-state index contributed by atoms with van der Waals surface area (Å²) >= 11 is 1.55. The number of hydrogen-bond donors (Lipinski definition) is 0. The molecular formula is C66H85N3O6S. The number of aromatic nitrogens is 2. The first-order valence-electron chi connectivity index (χ1n) is 29.3. The lowest BCUT2D eigenvalue weighted by Gasteiger charge is -2.58. The van der Waals surface area contributed by atoms with E-state index in [1.54, 1.807) is 47.8 Å². The van der Waals surface area contributed by atoms with E-state index in [1.165, 1.54) is 70.6 Å². The van der Waals surface area contributed by atoms with E-state index >= 15 is 0 Å². The lowest BCUT2D eigenvalue weighted by molar-refractivity contribution is -0.151. The summed E-state index contributed by atoms with van der Waals surface area (Å²) in [5, 5.41) is 9.09. The third kappa shape index (κ3) is 14.3. The molecule has 3 saturated carbocycles. The van der Waals surface area contributed by atoms with E-state index in [1.807, 2.05) is 48.5 Å². The molecule has 1 unspecified atom stereocenters. The summed E-state index contributed by atoms with van der Waals surface area (Å²) in [5.74, 6) is 7.66. The molecule has 0 amide bonds. The highest BCUT2D eigenvalue weighted by atomic mass is 32.2. The first-order valence-corrected chi connectivity index (χ1v) is 30.3. The Labute approximate surface area is 458 Å². The van der Waals surface area contributed by atoms with Gasteiger partial charge in [-0.05, 0) is 201 Å². The first kappa shape index (κ1) is 55.5. The number of esters is 2. The number of nitrogens with zero attached hydrogens (tertiary/aromatic N) is 3. The van der Waals surface area contributed by atoms with Crippen LogP contribution in [-0.4, -0.2) is 46.8 Å². The van der Waals surface area contributed by atoms with Crippen molar-refractivity contribution >= 4 is 35.6 Å². The smallest absolute Gasteiger partial charge is 0.343 e. The Balaban J connectivity index is 0.631. The topological polar surface area (TPSA) is 113 Å². The van der Waals surface area contributed by atoms with Crippen LogP contribution in [0.1, 0.15) is 179 Å². The van der Waals surface area contributed by atoms with Gasteiger partial charge in [0, 0.05) is 30.4 Å². The molecule has 406 valence electrons. The van der Waals surface area contributed by atoms with Gasteiger partial charge in [0.1, 0.15) is 17.6 Å². The van der Waals surface area contributed by atoms with E-state index in [0.29, 0.717) is 46.8 Å². The van der Waals surface area contributed by atoms with Gasteiger partial charge in [0.15, 0.2) is 0 Å². The number of hydrogen-bond acceptors (Lipinski definition) is 10. The standard InChI is InChI=1S/C66H85N3O6S/c1-46(2)16-15-17-47(3)58-36-37-59-57-35-28-52-44-56(38-40-65(52,4)60(57)39-41-66(58,59)5)73-61(70)21-10-8-14-43-76-64-69-68-62(75-64)50-24-29-53(30-25-50)67-45-49-22-31-55(32-23-49)74-63(71)51-26-33-54(34-27-51)72-42-13-7-6-9-18-48-19-11-12-20-48/h11-12,19-20,22-34,45-48,56-60H,6-10,13-18,21,35-44H2,1-5H3/t47-,56?,57+,58-,59+,60+,65+,66-/m1/s1. The maximum absolute atomic E-state index is 13.1. The number of benzene rings is 3. The average Bonchev–Trinajstić information content (AvgIpc) is 4.22. The number of allylic oxidation sites excluding steroid dienone is 5. The highest BCUT2D eigenvalue weighted by molar-refractivity contribution is 7.99. The van der Waals surface area contributed by atoms with Gasteiger partial charge >= 0.3 is 11.9 Å². The number of aliphatic imine (C=N–C) groups is 1. The van der Waals surface area contributed by atoms with E-state index in [2.05, 4.69) is 80.2 Å². The predicted molar refractivity (Wildman–Crippen MR) is 307 cm³/mol. The van der Waals surface area contributed by atoms with Crippen molar-refractivity contribution in [3.05, 3.63) is 120 Å². The van der Waals surface area contributed by atoms with Crippen molar-refractivity contribution < 1.29 is 28.2 Å². The first-order chi connectivity index (χ1) is 36.9. The van der Waals surface area contributed by atoms with Crippen molar-refractivity contribution in [2.75, 3.05) is 12.4 Å². The molecule has 0 bridgehead atoms. The molecule has 0 saturated heterocycles. The third-order valence-electron chi connectivity index (χ3n) is 18.4. The number of carbonyl (C=O) groups excluding carboxylic acids is 2. The molecule has 76 heavy (non-hydrogen) atoms. The summed E-state index contributed by atoms with van der Waals surface area (Å²) in [6.45, 7) is 13.2. The maximum atomic E-state index is 13.1. The Bertz CT molecular complexity index is 2620. The minimum absolute atomic E-state index is 0.0187. The van der Waals surface area contributed by atoms with Crippen molar-refractivity contribution in [1.29, 1.82) is 0 Å². The molecule has 4 aromatic rings. The molecule has 9 rings (SSSR count). The second-order valence-electron chi connectivity index (χ2n) is 23.9. The second-order valence-corrected chi connectivity index (χ2v) is 25.0. The SMILES string of the molecule is CC(C)CCC[C@@H](C)[C@H]1CC[C@H]2[C@@H]3CC=C4CC(OC(=O)CCCCCSc5nnc(-c6ccc(N=Cc7ccc(OC(=O)c8ccc(OCCCCCCC9C=CC=C9)cc8)cc7)cc6)o5)CC[C@]4(C)[C@H]3CC[C@]12C. The molecule has 3 fully saturated rings. The lowest BCUT2D eigenvalue weighted by atomic mass is 9.47. The van der Waals surface area contributed by atoms with Gasteiger partial charge in [-0.3, -0.25) is 9.79 Å². The van der Waals surface area contributed by atoms with Gasteiger partial charge in [-0.25, -0.2) is 4.79 Å². The molecule has 0 spiro atoms. The molecule has 0 aliphatic heterocycles. The molecule has 0 radical (unpaired) electrons. The van der Waals surface area contributed by atoms with Gasteiger partial charge in [0.25, 0.3) is 5.22 Å². The van der Waals surface area contributed by atoms with Gasteiger partial charge in [-0.15, -0.1) is 10.2 Å². The molecule has 10 heteroatoms. The molecule has 8 atom stereocenters. The van der Waals surface area contributed by atoms with Gasteiger partial charge in [-0.1, -0.05) is 127 Å². The number of thioether (sulfide) groups is 1. The molecule has 1 heterocycles. The maximum Gasteiger partial charge on any atom is 0.343 e. The van der Waals surface area contributed by atoms with Gasteiger partial charge < -0.3 is 18.6 Å². The van der Waals surface area contributed by atoms with E-state index in [4.69, 9.17) is 18.6 Å². The quantitative estimate of drug-likeness (QED) is 0.0151. The molecule has 9 nitrogen and oxygen atoms in total. The highest BCUT2D eigenvalue weighted by Gasteiger charge is 2.59. The molecule has 5 aliphatic rings. The Morgan fingerprint density at radius 1 is 0.789 bits per heavy atom. The normalized spacial score (nSPS) is 25.3. The zero-order valence-corrected chi connectivity index (χ0v) is 47.1.